The lowest BCUT2D eigenvalue weighted by atomic mass is 10.2. The highest BCUT2D eigenvalue weighted by atomic mass is 35.5. The standard InChI is InChI=1S/C8H5ClO3S/c1-3-2-4-7(5(9)6(3)10)13-8(11)12-4/h2,10H,1H3. The highest BCUT2D eigenvalue weighted by molar-refractivity contribution is 7.16. The fourth-order valence-corrected chi connectivity index (χ4v) is 2.13. The first-order valence-electron chi connectivity index (χ1n) is 3.51. The molecule has 0 radical (unpaired) electrons. The normalized spacial score (nSPS) is 10.9. The molecular weight excluding hydrogens is 212 g/mol. The van der Waals surface area contributed by atoms with Crippen LogP contribution in [0.3, 0.4) is 0 Å². The molecule has 0 saturated heterocycles. The summed E-state index contributed by atoms with van der Waals surface area (Å²) in [6, 6.07) is 1.59. The second-order valence-corrected chi connectivity index (χ2v) is 3.96. The molecule has 1 heterocycles. The predicted octanol–water partition coefficient (Wildman–Crippen LogP) is 2.52. The van der Waals surface area contributed by atoms with Crippen LogP contribution in [0.25, 0.3) is 10.3 Å². The van der Waals surface area contributed by atoms with E-state index in [1.54, 1.807) is 13.0 Å². The molecule has 0 aliphatic rings. The minimum absolute atomic E-state index is 0.00576. The van der Waals surface area contributed by atoms with E-state index < -0.39 is 4.94 Å². The third-order valence-electron chi connectivity index (χ3n) is 1.73. The first kappa shape index (κ1) is 8.59. The third-order valence-corrected chi connectivity index (χ3v) is 3.07. The van der Waals surface area contributed by atoms with Gasteiger partial charge in [-0.15, -0.1) is 0 Å². The van der Waals surface area contributed by atoms with Crippen molar-refractivity contribution in [1.82, 2.24) is 0 Å². The summed E-state index contributed by atoms with van der Waals surface area (Å²) >= 11 is 6.69. The van der Waals surface area contributed by atoms with Crippen LogP contribution in [0.2, 0.25) is 5.02 Å². The van der Waals surface area contributed by atoms with E-state index in [0.29, 0.717) is 15.8 Å². The summed E-state index contributed by atoms with van der Waals surface area (Å²) in [4.78, 5) is 10.5. The van der Waals surface area contributed by atoms with E-state index in [0.717, 1.165) is 11.3 Å². The summed E-state index contributed by atoms with van der Waals surface area (Å²) in [5.41, 5.74) is 1.02. The molecule has 0 aliphatic carbocycles. The van der Waals surface area contributed by atoms with Crippen LogP contribution in [-0.4, -0.2) is 5.11 Å². The molecule has 1 aromatic heterocycles. The van der Waals surface area contributed by atoms with E-state index >= 15 is 0 Å². The van der Waals surface area contributed by atoms with Crippen molar-refractivity contribution < 1.29 is 9.52 Å². The van der Waals surface area contributed by atoms with Crippen LogP contribution in [0, 0.1) is 6.92 Å². The number of hydrogen-bond donors (Lipinski definition) is 1. The average Bonchev–Trinajstić information content (AvgIpc) is 2.42. The molecule has 0 amide bonds. The van der Waals surface area contributed by atoms with Crippen LogP contribution in [-0.2, 0) is 0 Å². The van der Waals surface area contributed by atoms with Crippen molar-refractivity contribution in [2.45, 2.75) is 6.92 Å². The molecule has 1 aromatic carbocycles. The Morgan fingerprint density at radius 1 is 1.62 bits per heavy atom. The Bertz CT molecular complexity index is 526. The Kier molecular flexibility index (Phi) is 1.82. The highest BCUT2D eigenvalue weighted by Gasteiger charge is 2.12. The SMILES string of the molecule is Cc1cc2oc(=O)sc2c(Cl)c1O. The second kappa shape index (κ2) is 2.75. The Morgan fingerprint density at radius 2 is 2.31 bits per heavy atom. The van der Waals surface area contributed by atoms with Gasteiger partial charge in [0.1, 0.15) is 10.8 Å². The van der Waals surface area contributed by atoms with Crippen LogP contribution in [0.4, 0.5) is 0 Å². The summed E-state index contributed by atoms with van der Waals surface area (Å²) in [7, 11) is 0. The van der Waals surface area contributed by atoms with Crippen molar-refractivity contribution in [2.24, 2.45) is 0 Å². The first-order valence-corrected chi connectivity index (χ1v) is 4.71. The number of aryl methyl sites for hydroxylation is 1. The minimum Gasteiger partial charge on any atom is -0.506 e. The number of fused-ring (bicyclic) bond motifs is 1. The first-order chi connectivity index (χ1) is 6.09. The van der Waals surface area contributed by atoms with E-state index in [2.05, 4.69) is 0 Å². The summed E-state index contributed by atoms with van der Waals surface area (Å²) < 4.78 is 5.35. The van der Waals surface area contributed by atoms with Gasteiger partial charge in [0.25, 0.3) is 0 Å². The van der Waals surface area contributed by atoms with E-state index in [4.69, 9.17) is 16.0 Å². The molecule has 0 unspecified atom stereocenters. The van der Waals surface area contributed by atoms with E-state index in [1.165, 1.54) is 0 Å². The fraction of sp³-hybridized carbons (Fsp3) is 0.125. The van der Waals surface area contributed by atoms with Gasteiger partial charge < -0.3 is 9.52 Å². The summed E-state index contributed by atoms with van der Waals surface area (Å²) in [6.07, 6.45) is 0. The average molecular weight is 217 g/mol. The van der Waals surface area contributed by atoms with Crippen molar-refractivity contribution in [1.29, 1.82) is 0 Å². The van der Waals surface area contributed by atoms with Gasteiger partial charge in [-0.05, 0) is 29.9 Å². The van der Waals surface area contributed by atoms with Crippen LogP contribution >= 0.6 is 22.9 Å². The highest BCUT2D eigenvalue weighted by Crippen LogP contribution is 2.36. The number of hydrogen-bond acceptors (Lipinski definition) is 4. The molecule has 2 aromatic rings. The quantitative estimate of drug-likeness (QED) is 0.736. The van der Waals surface area contributed by atoms with Gasteiger partial charge in [0.2, 0.25) is 0 Å². The second-order valence-electron chi connectivity index (χ2n) is 2.64. The van der Waals surface area contributed by atoms with Gasteiger partial charge in [-0.3, -0.25) is 0 Å². The molecule has 0 saturated carbocycles. The molecule has 0 aliphatic heterocycles. The van der Waals surface area contributed by atoms with Crippen molar-refractivity contribution in [3.8, 4) is 5.75 Å². The van der Waals surface area contributed by atoms with Crippen LogP contribution < -0.4 is 4.94 Å². The van der Waals surface area contributed by atoms with Gasteiger partial charge in [-0.1, -0.05) is 11.6 Å². The maximum absolute atomic E-state index is 10.9. The summed E-state index contributed by atoms with van der Waals surface area (Å²) in [5.74, 6) is 0.00576. The molecular formula is C8H5ClO3S. The zero-order valence-corrected chi connectivity index (χ0v) is 8.20. The monoisotopic (exact) mass is 216 g/mol. The number of phenolic OH excluding ortho intramolecular Hbond substituents is 1. The lowest BCUT2D eigenvalue weighted by molar-refractivity contribution is 0.471. The molecule has 68 valence electrons. The van der Waals surface area contributed by atoms with Crippen molar-refractivity contribution in [3.05, 3.63) is 26.4 Å². The van der Waals surface area contributed by atoms with Crippen molar-refractivity contribution in [2.75, 3.05) is 0 Å². The lowest BCUT2D eigenvalue weighted by Gasteiger charge is -1.99. The Hall–Kier alpha value is -1.00. The zero-order valence-electron chi connectivity index (χ0n) is 6.63. The number of benzene rings is 1. The molecule has 2 rings (SSSR count). The maximum atomic E-state index is 10.9. The minimum atomic E-state index is -0.415. The molecule has 1 N–H and O–H groups in total. The van der Waals surface area contributed by atoms with E-state index in [-0.39, 0.29) is 10.8 Å². The van der Waals surface area contributed by atoms with Crippen molar-refractivity contribution >= 4 is 33.2 Å². The molecule has 0 bridgehead atoms. The topological polar surface area (TPSA) is 50.4 Å². The van der Waals surface area contributed by atoms with Gasteiger partial charge in [0, 0.05) is 0 Å². The Labute approximate surface area is 82.2 Å². The molecule has 5 heteroatoms. The lowest BCUT2D eigenvalue weighted by Crippen LogP contribution is -1.79. The summed E-state index contributed by atoms with van der Waals surface area (Å²) in [5, 5.41) is 9.63. The predicted molar refractivity (Wildman–Crippen MR) is 51.8 cm³/mol. The Morgan fingerprint density at radius 3 is 3.00 bits per heavy atom. The maximum Gasteiger partial charge on any atom is 0.396 e. The number of halogens is 1. The van der Waals surface area contributed by atoms with Crippen molar-refractivity contribution in [3.63, 3.8) is 0 Å². The molecule has 0 atom stereocenters. The summed E-state index contributed by atoms with van der Waals surface area (Å²) in [6.45, 7) is 1.69. The van der Waals surface area contributed by atoms with Gasteiger partial charge in [0.15, 0.2) is 5.58 Å². The van der Waals surface area contributed by atoms with Gasteiger partial charge >= 0.3 is 4.94 Å². The van der Waals surface area contributed by atoms with Crippen LogP contribution in [0.1, 0.15) is 5.56 Å². The molecule has 0 spiro atoms. The van der Waals surface area contributed by atoms with Gasteiger partial charge in [-0.2, -0.15) is 0 Å². The van der Waals surface area contributed by atoms with Gasteiger partial charge in [-0.25, -0.2) is 4.79 Å². The third kappa shape index (κ3) is 1.22. The fourth-order valence-electron chi connectivity index (χ4n) is 1.08. The van der Waals surface area contributed by atoms with Gasteiger partial charge in [0.05, 0.1) is 4.70 Å². The smallest absolute Gasteiger partial charge is 0.396 e. The Balaban J connectivity index is 3.00. The molecule has 3 nitrogen and oxygen atoms in total. The van der Waals surface area contributed by atoms with E-state index in [9.17, 15) is 9.90 Å². The van der Waals surface area contributed by atoms with Crippen LogP contribution in [0.15, 0.2) is 15.3 Å². The largest absolute Gasteiger partial charge is 0.506 e. The number of aromatic hydroxyl groups is 1. The molecule has 13 heavy (non-hydrogen) atoms. The molecule has 0 fully saturated rings. The van der Waals surface area contributed by atoms with E-state index in [1.807, 2.05) is 0 Å². The number of rotatable bonds is 0. The zero-order chi connectivity index (χ0) is 9.59. The number of phenols is 1. The van der Waals surface area contributed by atoms with Crippen LogP contribution in [0.5, 0.6) is 5.75 Å².